The summed E-state index contributed by atoms with van der Waals surface area (Å²) in [6, 6.07) is 13.9. The summed E-state index contributed by atoms with van der Waals surface area (Å²) in [5, 5.41) is 0. The summed E-state index contributed by atoms with van der Waals surface area (Å²) in [5.41, 5.74) is 0.439. The quantitative estimate of drug-likeness (QED) is 0.827. The van der Waals surface area contributed by atoms with E-state index in [4.69, 9.17) is 0 Å². The molecule has 1 atom stereocenters. The van der Waals surface area contributed by atoms with Crippen LogP contribution < -0.4 is 4.90 Å². The van der Waals surface area contributed by atoms with E-state index < -0.39 is 18.1 Å². The van der Waals surface area contributed by atoms with Crippen molar-refractivity contribution >= 4 is 11.6 Å². The lowest BCUT2D eigenvalue weighted by Crippen LogP contribution is -2.47. The van der Waals surface area contributed by atoms with Gasteiger partial charge in [0.15, 0.2) is 0 Å². The van der Waals surface area contributed by atoms with Gasteiger partial charge in [-0.15, -0.1) is 0 Å². The van der Waals surface area contributed by atoms with Crippen molar-refractivity contribution in [1.82, 2.24) is 0 Å². The summed E-state index contributed by atoms with van der Waals surface area (Å²) in [6.45, 7) is 0.980. The molecule has 0 fully saturated rings. The topological polar surface area (TPSA) is 20.3 Å². The first-order chi connectivity index (χ1) is 9.91. The van der Waals surface area contributed by atoms with Crippen LogP contribution in [0.1, 0.15) is 17.3 Å². The Bertz CT molecular complexity index is 596. The maximum Gasteiger partial charge on any atom is 0.408 e. The molecule has 0 N–H and O–H groups in total. The molecule has 5 heteroatoms. The van der Waals surface area contributed by atoms with Gasteiger partial charge in [-0.25, -0.2) is 0 Å². The van der Waals surface area contributed by atoms with Gasteiger partial charge >= 0.3 is 6.18 Å². The molecule has 21 heavy (non-hydrogen) atoms. The van der Waals surface area contributed by atoms with Crippen LogP contribution in [-0.2, 0) is 0 Å². The SMILES string of the molecule is CC(N(C(=O)c1ccccc1)c1ccccc1)C(F)(F)F. The monoisotopic (exact) mass is 293 g/mol. The Balaban J connectivity index is 2.44. The largest absolute Gasteiger partial charge is 0.408 e. The summed E-state index contributed by atoms with van der Waals surface area (Å²) < 4.78 is 39.2. The van der Waals surface area contributed by atoms with Crippen LogP contribution in [0.3, 0.4) is 0 Å². The van der Waals surface area contributed by atoms with Gasteiger partial charge in [0.1, 0.15) is 6.04 Å². The standard InChI is InChI=1S/C16H14F3NO/c1-12(16(17,18)19)20(14-10-6-3-7-11-14)15(21)13-8-4-2-5-9-13/h2-12H,1H3. The number of nitrogens with zero attached hydrogens (tertiary/aromatic N) is 1. The molecule has 0 aromatic heterocycles. The van der Waals surface area contributed by atoms with Gasteiger partial charge in [-0.1, -0.05) is 36.4 Å². The molecular formula is C16H14F3NO. The minimum absolute atomic E-state index is 0.219. The third kappa shape index (κ3) is 3.42. The van der Waals surface area contributed by atoms with Gasteiger partial charge in [-0.05, 0) is 31.2 Å². The molecule has 0 aliphatic carbocycles. The van der Waals surface area contributed by atoms with Crippen LogP contribution in [0, 0.1) is 0 Å². The predicted octanol–water partition coefficient (Wildman–Crippen LogP) is 4.28. The van der Waals surface area contributed by atoms with Crippen LogP contribution in [0.5, 0.6) is 0 Å². The van der Waals surface area contributed by atoms with Crippen LogP contribution >= 0.6 is 0 Å². The second-order valence-corrected chi connectivity index (χ2v) is 4.59. The fourth-order valence-corrected chi connectivity index (χ4v) is 1.97. The van der Waals surface area contributed by atoms with Crippen molar-refractivity contribution in [3.8, 4) is 0 Å². The summed E-state index contributed by atoms with van der Waals surface area (Å²) in [7, 11) is 0. The average molecular weight is 293 g/mol. The van der Waals surface area contributed by atoms with E-state index in [1.54, 1.807) is 36.4 Å². The minimum Gasteiger partial charge on any atom is -0.296 e. The highest BCUT2D eigenvalue weighted by atomic mass is 19.4. The molecule has 2 rings (SSSR count). The summed E-state index contributed by atoms with van der Waals surface area (Å²) in [6.07, 6.45) is -4.50. The van der Waals surface area contributed by atoms with E-state index in [-0.39, 0.29) is 11.3 Å². The summed E-state index contributed by atoms with van der Waals surface area (Å²) in [4.78, 5) is 13.2. The lowest BCUT2D eigenvalue weighted by molar-refractivity contribution is -0.143. The van der Waals surface area contributed by atoms with E-state index in [9.17, 15) is 18.0 Å². The average Bonchev–Trinajstić information content (AvgIpc) is 2.48. The lowest BCUT2D eigenvalue weighted by Gasteiger charge is -2.30. The minimum atomic E-state index is -4.50. The number of carbonyl (C=O) groups excluding carboxylic acids is 1. The van der Waals surface area contributed by atoms with Crippen LogP contribution in [-0.4, -0.2) is 18.1 Å². The number of hydrogen-bond acceptors (Lipinski definition) is 1. The van der Waals surface area contributed by atoms with E-state index in [0.717, 1.165) is 11.8 Å². The predicted molar refractivity (Wildman–Crippen MR) is 75.2 cm³/mol. The zero-order valence-corrected chi connectivity index (χ0v) is 11.3. The first-order valence-corrected chi connectivity index (χ1v) is 6.41. The van der Waals surface area contributed by atoms with Crippen LogP contribution in [0.4, 0.5) is 18.9 Å². The Hall–Kier alpha value is -2.30. The Morgan fingerprint density at radius 1 is 0.952 bits per heavy atom. The first kappa shape index (κ1) is 15.1. The van der Waals surface area contributed by atoms with Gasteiger partial charge in [0.25, 0.3) is 5.91 Å². The van der Waals surface area contributed by atoms with Crippen molar-refractivity contribution in [1.29, 1.82) is 0 Å². The highest BCUT2D eigenvalue weighted by Crippen LogP contribution is 2.30. The van der Waals surface area contributed by atoms with Gasteiger partial charge in [0.2, 0.25) is 0 Å². The Kier molecular flexibility index (Phi) is 4.31. The number of carbonyl (C=O) groups is 1. The fraction of sp³-hybridized carbons (Fsp3) is 0.188. The third-order valence-electron chi connectivity index (χ3n) is 3.13. The molecule has 1 unspecified atom stereocenters. The van der Waals surface area contributed by atoms with Crippen LogP contribution in [0.2, 0.25) is 0 Å². The molecular weight excluding hydrogens is 279 g/mol. The van der Waals surface area contributed by atoms with Crippen LogP contribution in [0.25, 0.3) is 0 Å². The van der Waals surface area contributed by atoms with Crippen molar-refractivity contribution < 1.29 is 18.0 Å². The van der Waals surface area contributed by atoms with Gasteiger partial charge in [0.05, 0.1) is 0 Å². The number of hydrogen-bond donors (Lipinski definition) is 0. The second kappa shape index (κ2) is 5.99. The second-order valence-electron chi connectivity index (χ2n) is 4.59. The number of para-hydroxylation sites is 1. The van der Waals surface area contributed by atoms with Gasteiger partial charge < -0.3 is 0 Å². The molecule has 0 radical (unpaired) electrons. The van der Waals surface area contributed by atoms with E-state index in [2.05, 4.69) is 0 Å². The number of anilines is 1. The molecule has 0 bridgehead atoms. The molecule has 0 aliphatic rings. The number of amides is 1. The Morgan fingerprint density at radius 3 is 1.90 bits per heavy atom. The Labute approximate surface area is 120 Å². The molecule has 1 amide bonds. The number of alkyl halides is 3. The molecule has 2 nitrogen and oxygen atoms in total. The van der Waals surface area contributed by atoms with Crippen molar-refractivity contribution in [3.05, 3.63) is 66.2 Å². The maximum absolute atomic E-state index is 13.1. The van der Waals surface area contributed by atoms with Crippen molar-refractivity contribution in [3.63, 3.8) is 0 Å². The van der Waals surface area contributed by atoms with Crippen LogP contribution in [0.15, 0.2) is 60.7 Å². The van der Waals surface area contributed by atoms with Crippen molar-refractivity contribution in [2.45, 2.75) is 19.1 Å². The van der Waals surface area contributed by atoms with Gasteiger partial charge in [-0.3, -0.25) is 9.69 Å². The molecule has 0 saturated heterocycles. The van der Waals surface area contributed by atoms with Gasteiger partial charge in [-0.2, -0.15) is 13.2 Å². The van der Waals surface area contributed by atoms with E-state index in [1.807, 2.05) is 0 Å². The zero-order chi connectivity index (χ0) is 15.5. The smallest absolute Gasteiger partial charge is 0.296 e. The fourth-order valence-electron chi connectivity index (χ4n) is 1.97. The molecule has 2 aromatic rings. The van der Waals surface area contributed by atoms with Gasteiger partial charge in [0, 0.05) is 11.3 Å². The summed E-state index contributed by atoms with van der Waals surface area (Å²) in [5.74, 6) is -0.674. The highest BCUT2D eigenvalue weighted by molar-refractivity contribution is 6.06. The lowest BCUT2D eigenvalue weighted by atomic mass is 10.1. The molecule has 110 valence electrons. The Morgan fingerprint density at radius 2 is 1.43 bits per heavy atom. The summed E-state index contributed by atoms with van der Waals surface area (Å²) >= 11 is 0. The molecule has 0 heterocycles. The molecule has 2 aromatic carbocycles. The number of benzene rings is 2. The molecule has 0 saturated carbocycles. The zero-order valence-electron chi connectivity index (χ0n) is 11.3. The third-order valence-corrected chi connectivity index (χ3v) is 3.13. The van der Waals surface area contributed by atoms with Crippen molar-refractivity contribution in [2.24, 2.45) is 0 Å². The molecule has 0 aliphatic heterocycles. The van der Waals surface area contributed by atoms with Crippen molar-refractivity contribution in [2.75, 3.05) is 4.90 Å². The normalized spacial score (nSPS) is 12.8. The van der Waals surface area contributed by atoms with E-state index in [0.29, 0.717) is 0 Å². The maximum atomic E-state index is 13.1. The molecule has 0 spiro atoms. The van der Waals surface area contributed by atoms with E-state index >= 15 is 0 Å². The number of rotatable bonds is 3. The van der Waals surface area contributed by atoms with E-state index in [1.165, 1.54) is 24.3 Å². The highest BCUT2D eigenvalue weighted by Gasteiger charge is 2.42. The first-order valence-electron chi connectivity index (χ1n) is 6.41. The number of halogens is 3.